The van der Waals surface area contributed by atoms with E-state index in [2.05, 4.69) is 0 Å². The molecule has 0 radical (unpaired) electrons. The van der Waals surface area contributed by atoms with Crippen LogP contribution >= 0.6 is 10.7 Å². The van der Waals surface area contributed by atoms with Gasteiger partial charge in [0.25, 0.3) is 9.05 Å². The van der Waals surface area contributed by atoms with Crippen molar-refractivity contribution in [3.05, 3.63) is 36.4 Å². The number of sulfone groups is 2. The van der Waals surface area contributed by atoms with E-state index in [0.717, 1.165) is 19.2 Å². The summed E-state index contributed by atoms with van der Waals surface area (Å²) < 4.78 is 82.0. The fraction of sp³-hybridized carbons (Fsp3) is 0.227. The lowest BCUT2D eigenvalue weighted by Crippen LogP contribution is -2.11. The Bertz CT molecular complexity index is 1870. The smallest absolute Gasteiger partial charge is 0.308 e. The fourth-order valence-corrected chi connectivity index (χ4v) is 8.32. The Balaban J connectivity index is 2.10. The highest BCUT2D eigenvalue weighted by Gasteiger charge is 2.39. The zero-order valence-corrected chi connectivity index (χ0v) is 21.0. The van der Waals surface area contributed by atoms with Crippen molar-refractivity contribution in [3.8, 4) is 5.75 Å². The summed E-state index contributed by atoms with van der Waals surface area (Å²) in [6.07, 6.45) is 1.93. The van der Waals surface area contributed by atoms with Gasteiger partial charge in [0.2, 0.25) is 0 Å². The minimum atomic E-state index is -4.32. The van der Waals surface area contributed by atoms with Gasteiger partial charge in [0.15, 0.2) is 19.7 Å². The van der Waals surface area contributed by atoms with Crippen molar-refractivity contribution >= 4 is 77.7 Å². The van der Waals surface area contributed by atoms with E-state index in [1.807, 2.05) is 0 Å². The lowest BCUT2D eigenvalue weighted by molar-refractivity contribution is -0.131. The number of carbonyl (C=O) groups is 1. The molecule has 0 atom stereocenters. The molecular formula is C22H17ClO8S3. The molecule has 0 aromatic heterocycles. The van der Waals surface area contributed by atoms with Gasteiger partial charge < -0.3 is 4.74 Å². The summed E-state index contributed by atoms with van der Waals surface area (Å²) in [5.74, 6) is -0.799. The monoisotopic (exact) mass is 540 g/mol. The van der Waals surface area contributed by atoms with Crippen LogP contribution in [0.2, 0.25) is 0 Å². The van der Waals surface area contributed by atoms with Gasteiger partial charge in [-0.05, 0) is 25.0 Å². The van der Waals surface area contributed by atoms with Crippen LogP contribution in [0.1, 0.15) is 19.8 Å². The van der Waals surface area contributed by atoms with Crippen molar-refractivity contribution in [1.29, 1.82) is 0 Å². The highest BCUT2D eigenvalue weighted by atomic mass is 35.7. The molecule has 0 unspecified atom stereocenters. The first kappa shape index (κ1) is 23.3. The number of ether oxygens (including phenoxy) is 1. The van der Waals surface area contributed by atoms with Crippen molar-refractivity contribution in [2.45, 2.75) is 39.7 Å². The molecule has 1 saturated carbocycles. The Hall–Kier alpha value is -2.47. The van der Waals surface area contributed by atoms with E-state index in [4.69, 9.17) is 15.4 Å². The molecule has 1 fully saturated rings. The fourth-order valence-electron chi connectivity index (χ4n) is 4.41. The van der Waals surface area contributed by atoms with Crippen molar-refractivity contribution in [2.75, 3.05) is 6.26 Å². The van der Waals surface area contributed by atoms with Crippen LogP contribution in [0.25, 0.3) is 32.3 Å². The largest absolute Gasteiger partial charge is 0.426 e. The molecule has 5 rings (SSSR count). The molecule has 1 aliphatic rings. The van der Waals surface area contributed by atoms with E-state index >= 15 is 0 Å². The van der Waals surface area contributed by atoms with Gasteiger partial charge in [-0.2, -0.15) is 0 Å². The third-order valence-corrected chi connectivity index (χ3v) is 10.7. The van der Waals surface area contributed by atoms with Crippen LogP contribution in [0, 0.1) is 0 Å². The Kier molecular flexibility index (Phi) is 4.98. The highest BCUT2D eigenvalue weighted by Crippen LogP contribution is 2.47. The number of halogens is 1. The number of hydrogen-bond acceptors (Lipinski definition) is 8. The summed E-state index contributed by atoms with van der Waals surface area (Å²) in [5.41, 5.74) is 0. The first-order valence-corrected chi connectivity index (χ1v) is 15.8. The van der Waals surface area contributed by atoms with Gasteiger partial charge in [0.1, 0.15) is 5.75 Å². The molecular weight excluding hydrogens is 524 g/mol. The summed E-state index contributed by atoms with van der Waals surface area (Å²) in [6, 6.07) is 8.21. The van der Waals surface area contributed by atoms with Crippen LogP contribution in [0.5, 0.6) is 5.75 Å². The zero-order chi connectivity index (χ0) is 24.8. The molecule has 1 aliphatic carbocycles. The number of rotatable bonds is 5. The van der Waals surface area contributed by atoms with E-state index < -0.39 is 39.9 Å². The molecule has 0 heterocycles. The number of carbonyl (C=O) groups excluding carboxylic acids is 1. The lowest BCUT2D eigenvalue weighted by Gasteiger charge is -2.19. The maximum atomic E-state index is 13.3. The normalized spacial score (nSPS) is 15.4. The summed E-state index contributed by atoms with van der Waals surface area (Å²) >= 11 is 0. The van der Waals surface area contributed by atoms with Gasteiger partial charge in [-0.25, -0.2) is 25.3 Å². The molecule has 178 valence electrons. The van der Waals surface area contributed by atoms with E-state index in [1.54, 1.807) is 0 Å². The third kappa shape index (κ3) is 3.53. The van der Waals surface area contributed by atoms with E-state index in [0.29, 0.717) is 18.2 Å². The van der Waals surface area contributed by atoms with Crippen LogP contribution in [0.3, 0.4) is 0 Å². The van der Waals surface area contributed by atoms with Gasteiger partial charge in [-0.15, -0.1) is 0 Å². The molecule has 0 aliphatic heterocycles. The van der Waals surface area contributed by atoms with Crippen LogP contribution in [0.15, 0.2) is 51.1 Å². The Labute approximate surface area is 200 Å². The average molecular weight is 541 g/mol. The molecule has 0 amide bonds. The first-order chi connectivity index (χ1) is 15.7. The summed E-state index contributed by atoms with van der Waals surface area (Å²) in [7, 11) is -6.35. The molecule has 0 spiro atoms. The molecule has 0 saturated heterocycles. The molecule has 4 aromatic rings. The van der Waals surface area contributed by atoms with Crippen molar-refractivity contribution in [2.24, 2.45) is 0 Å². The zero-order valence-electron chi connectivity index (χ0n) is 17.8. The van der Waals surface area contributed by atoms with Crippen molar-refractivity contribution < 1.29 is 34.8 Å². The number of benzene rings is 4. The topological polar surface area (TPSA) is 129 Å². The molecule has 8 nitrogen and oxygen atoms in total. The second-order valence-corrected chi connectivity index (χ2v) is 15.1. The molecule has 4 aromatic carbocycles. The predicted molar refractivity (Wildman–Crippen MR) is 128 cm³/mol. The van der Waals surface area contributed by atoms with E-state index in [-0.39, 0.29) is 47.4 Å². The number of esters is 1. The second kappa shape index (κ2) is 7.27. The average Bonchev–Trinajstić information content (AvgIpc) is 3.56. The van der Waals surface area contributed by atoms with Gasteiger partial charge in [-0.1, -0.05) is 18.2 Å². The van der Waals surface area contributed by atoms with Crippen LogP contribution in [-0.2, 0) is 33.5 Å². The van der Waals surface area contributed by atoms with Gasteiger partial charge >= 0.3 is 5.97 Å². The molecule has 0 bridgehead atoms. The molecule has 12 heteroatoms. The van der Waals surface area contributed by atoms with E-state index in [1.165, 1.54) is 30.3 Å². The minimum absolute atomic E-state index is 0.0926. The van der Waals surface area contributed by atoms with Crippen molar-refractivity contribution in [1.82, 2.24) is 0 Å². The Morgan fingerprint density at radius 2 is 1.32 bits per heavy atom. The Morgan fingerprint density at radius 3 is 1.82 bits per heavy atom. The van der Waals surface area contributed by atoms with Crippen LogP contribution < -0.4 is 4.74 Å². The van der Waals surface area contributed by atoms with E-state index in [9.17, 15) is 30.0 Å². The van der Waals surface area contributed by atoms with Gasteiger partial charge in [-0.3, -0.25) is 4.79 Å². The number of hydrogen-bond donors (Lipinski definition) is 0. The summed E-state index contributed by atoms with van der Waals surface area (Å²) in [5, 5.41) is 0.827. The minimum Gasteiger partial charge on any atom is -0.426 e. The molecule has 0 N–H and O–H groups in total. The lowest BCUT2D eigenvalue weighted by atomic mass is 9.93. The van der Waals surface area contributed by atoms with Gasteiger partial charge in [0.05, 0.1) is 19.9 Å². The first-order valence-electron chi connectivity index (χ1n) is 10.1. The summed E-state index contributed by atoms with van der Waals surface area (Å²) in [4.78, 5) is 11.1. The second-order valence-electron chi connectivity index (χ2n) is 8.37. The van der Waals surface area contributed by atoms with Crippen LogP contribution in [-0.4, -0.2) is 42.7 Å². The predicted octanol–water partition coefficient (Wildman–Crippen LogP) is 3.78. The molecule has 34 heavy (non-hydrogen) atoms. The van der Waals surface area contributed by atoms with Crippen LogP contribution in [0.4, 0.5) is 0 Å². The SMILES string of the molecule is CC(=O)Oc1cc(S(=O)(=O)Cl)c2ccc3c(S(C)(=O)=O)cc(S(=O)(=O)C4CC4)c4ccc1c2c34. The maximum Gasteiger partial charge on any atom is 0.308 e. The summed E-state index contributed by atoms with van der Waals surface area (Å²) in [6.45, 7) is 1.15. The Morgan fingerprint density at radius 1 is 0.824 bits per heavy atom. The van der Waals surface area contributed by atoms with Crippen molar-refractivity contribution in [3.63, 3.8) is 0 Å². The third-order valence-electron chi connectivity index (χ3n) is 5.93. The van der Waals surface area contributed by atoms with Gasteiger partial charge in [0, 0.05) is 62.2 Å². The quantitative estimate of drug-likeness (QED) is 0.162. The highest BCUT2D eigenvalue weighted by molar-refractivity contribution is 8.14. The maximum absolute atomic E-state index is 13.3. The standard InChI is InChI=1S/C22H17ClO8S3/c1-11(24)31-17-9-20(34(23,29)30)16-8-7-14-18(32(2,25)26)10-19(33(27,28)12-3-4-12)15-6-5-13(17)21(16)22(14)15/h5-10,12H,3-4H2,1-2H3.